The number of hydrogen-bond acceptors (Lipinski definition) is 2. The molecule has 0 saturated carbocycles. The Labute approximate surface area is 126 Å². The zero-order valence-electron chi connectivity index (χ0n) is 11.5. The van der Waals surface area contributed by atoms with Gasteiger partial charge in [0.2, 0.25) is 0 Å². The van der Waals surface area contributed by atoms with Gasteiger partial charge in [0.15, 0.2) is 0 Å². The van der Waals surface area contributed by atoms with Crippen LogP contribution in [0, 0.1) is 12.7 Å². The number of aryl methyl sites for hydroxylation is 1. The molecule has 0 spiro atoms. The molecule has 0 bridgehead atoms. The second-order valence-corrected chi connectivity index (χ2v) is 5.76. The van der Waals surface area contributed by atoms with Crippen LogP contribution in [0.2, 0.25) is 0 Å². The Balaban J connectivity index is 2.20. The van der Waals surface area contributed by atoms with Gasteiger partial charge in [0.1, 0.15) is 18.2 Å². The number of nitrogens with two attached hydrogens (primary N) is 1. The van der Waals surface area contributed by atoms with Crippen molar-refractivity contribution in [3.8, 4) is 5.75 Å². The number of benzene rings is 2. The van der Waals surface area contributed by atoms with Crippen molar-refractivity contribution in [1.82, 2.24) is 0 Å². The maximum Gasteiger partial charge on any atom is 0.126 e. The van der Waals surface area contributed by atoms with Crippen molar-refractivity contribution in [2.75, 3.05) is 0 Å². The number of halogens is 2. The molecule has 0 amide bonds. The largest absolute Gasteiger partial charge is 0.489 e. The Morgan fingerprint density at radius 2 is 1.90 bits per heavy atom. The first-order valence-electron chi connectivity index (χ1n) is 6.40. The summed E-state index contributed by atoms with van der Waals surface area (Å²) in [6.07, 6.45) is 0. The summed E-state index contributed by atoms with van der Waals surface area (Å²) >= 11 is 3.39. The Morgan fingerprint density at radius 1 is 1.25 bits per heavy atom. The lowest BCUT2D eigenvalue weighted by Gasteiger charge is -2.15. The van der Waals surface area contributed by atoms with Crippen molar-refractivity contribution in [2.45, 2.75) is 26.5 Å². The van der Waals surface area contributed by atoms with Crippen molar-refractivity contribution in [3.05, 3.63) is 63.4 Å². The third-order valence-corrected chi connectivity index (χ3v) is 3.62. The first-order valence-corrected chi connectivity index (χ1v) is 7.19. The van der Waals surface area contributed by atoms with Gasteiger partial charge in [-0.2, -0.15) is 0 Å². The van der Waals surface area contributed by atoms with E-state index in [-0.39, 0.29) is 11.9 Å². The second kappa shape index (κ2) is 6.37. The van der Waals surface area contributed by atoms with Crippen molar-refractivity contribution in [1.29, 1.82) is 0 Å². The topological polar surface area (TPSA) is 35.2 Å². The summed E-state index contributed by atoms with van der Waals surface area (Å²) in [5.41, 5.74) is 8.16. The molecule has 2 aromatic carbocycles. The van der Waals surface area contributed by atoms with Crippen LogP contribution in [0.3, 0.4) is 0 Å². The minimum absolute atomic E-state index is 0.256. The molecule has 0 aromatic heterocycles. The zero-order chi connectivity index (χ0) is 14.7. The van der Waals surface area contributed by atoms with Gasteiger partial charge >= 0.3 is 0 Å². The molecular weight excluding hydrogens is 321 g/mol. The van der Waals surface area contributed by atoms with E-state index in [2.05, 4.69) is 15.9 Å². The van der Waals surface area contributed by atoms with Gasteiger partial charge in [-0.1, -0.05) is 28.1 Å². The smallest absolute Gasteiger partial charge is 0.126 e. The van der Waals surface area contributed by atoms with Crippen LogP contribution in [0.25, 0.3) is 0 Å². The average Bonchev–Trinajstić information content (AvgIpc) is 2.41. The minimum atomic E-state index is -0.273. The molecule has 2 rings (SSSR count). The fourth-order valence-corrected chi connectivity index (χ4v) is 2.16. The molecule has 2 N–H and O–H groups in total. The van der Waals surface area contributed by atoms with Crippen LogP contribution in [0.4, 0.5) is 4.39 Å². The summed E-state index contributed by atoms with van der Waals surface area (Å²) < 4.78 is 20.4. The Hall–Kier alpha value is -1.39. The zero-order valence-corrected chi connectivity index (χ0v) is 13.1. The molecule has 1 atom stereocenters. The summed E-state index contributed by atoms with van der Waals surface area (Å²) in [5.74, 6) is 0.384. The molecule has 106 valence electrons. The van der Waals surface area contributed by atoms with Crippen molar-refractivity contribution < 1.29 is 9.13 Å². The molecule has 2 aromatic rings. The van der Waals surface area contributed by atoms with E-state index in [9.17, 15) is 4.39 Å². The predicted octanol–water partition coefficient (Wildman–Crippen LogP) is 4.50. The quantitative estimate of drug-likeness (QED) is 0.891. The van der Waals surface area contributed by atoms with Crippen molar-refractivity contribution in [2.24, 2.45) is 5.73 Å². The van der Waals surface area contributed by atoms with E-state index in [1.54, 1.807) is 13.0 Å². The molecule has 0 aliphatic heterocycles. The molecule has 0 fully saturated rings. The van der Waals surface area contributed by atoms with Gasteiger partial charge in [0, 0.05) is 16.1 Å². The van der Waals surface area contributed by atoms with Crippen molar-refractivity contribution in [3.63, 3.8) is 0 Å². The standard InChI is InChI=1S/C16H17BrFNO/c1-10-7-16(14(11(2)19)8-15(10)18)20-9-12-3-5-13(17)6-4-12/h3-8,11H,9,19H2,1-2H3. The highest BCUT2D eigenvalue weighted by Crippen LogP contribution is 2.28. The highest BCUT2D eigenvalue weighted by atomic mass is 79.9. The van der Waals surface area contributed by atoms with Crippen LogP contribution in [0.5, 0.6) is 5.75 Å². The normalized spacial score (nSPS) is 12.2. The summed E-state index contributed by atoms with van der Waals surface area (Å²) in [6.45, 7) is 3.96. The van der Waals surface area contributed by atoms with Crippen LogP contribution < -0.4 is 10.5 Å². The third kappa shape index (κ3) is 3.58. The lowest BCUT2D eigenvalue weighted by atomic mass is 10.1. The molecule has 20 heavy (non-hydrogen) atoms. The van der Waals surface area contributed by atoms with Crippen LogP contribution in [0.1, 0.15) is 29.7 Å². The summed E-state index contributed by atoms with van der Waals surface area (Å²) in [4.78, 5) is 0. The highest BCUT2D eigenvalue weighted by molar-refractivity contribution is 9.10. The number of rotatable bonds is 4. The van der Waals surface area contributed by atoms with Crippen LogP contribution >= 0.6 is 15.9 Å². The molecule has 0 radical (unpaired) electrons. The molecule has 0 heterocycles. The molecular formula is C16H17BrFNO. The van der Waals surface area contributed by atoms with E-state index in [4.69, 9.17) is 10.5 Å². The summed E-state index contributed by atoms with van der Waals surface area (Å²) in [5, 5.41) is 0. The maximum absolute atomic E-state index is 13.6. The van der Waals surface area contributed by atoms with Gasteiger partial charge in [0.05, 0.1) is 0 Å². The monoisotopic (exact) mass is 337 g/mol. The number of hydrogen-bond donors (Lipinski definition) is 1. The Morgan fingerprint density at radius 3 is 2.50 bits per heavy atom. The molecule has 1 unspecified atom stereocenters. The van der Waals surface area contributed by atoms with E-state index in [0.717, 1.165) is 10.0 Å². The first kappa shape index (κ1) is 15.0. The average molecular weight is 338 g/mol. The van der Waals surface area contributed by atoms with E-state index in [0.29, 0.717) is 23.5 Å². The molecule has 4 heteroatoms. The fourth-order valence-electron chi connectivity index (χ4n) is 1.89. The van der Waals surface area contributed by atoms with Gasteiger partial charge in [-0.05, 0) is 49.2 Å². The molecule has 2 nitrogen and oxygen atoms in total. The molecule has 0 aliphatic carbocycles. The number of ether oxygens (including phenoxy) is 1. The van der Waals surface area contributed by atoms with Crippen LogP contribution in [-0.4, -0.2) is 0 Å². The SMILES string of the molecule is Cc1cc(OCc2ccc(Br)cc2)c(C(C)N)cc1F. The highest BCUT2D eigenvalue weighted by Gasteiger charge is 2.12. The Kier molecular flexibility index (Phi) is 4.78. The Bertz CT molecular complexity index is 596. The fraction of sp³-hybridized carbons (Fsp3) is 0.250. The van der Waals surface area contributed by atoms with Gasteiger partial charge < -0.3 is 10.5 Å². The van der Waals surface area contributed by atoms with Crippen LogP contribution in [0.15, 0.2) is 40.9 Å². The van der Waals surface area contributed by atoms with E-state index in [1.807, 2.05) is 31.2 Å². The van der Waals surface area contributed by atoms with E-state index >= 15 is 0 Å². The van der Waals surface area contributed by atoms with Crippen molar-refractivity contribution >= 4 is 15.9 Å². The maximum atomic E-state index is 13.6. The predicted molar refractivity (Wildman–Crippen MR) is 82.2 cm³/mol. The second-order valence-electron chi connectivity index (χ2n) is 4.84. The lowest BCUT2D eigenvalue weighted by molar-refractivity contribution is 0.300. The minimum Gasteiger partial charge on any atom is -0.489 e. The van der Waals surface area contributed by atoms with E-state index < -0.39 is 0 Å². The lowest BCUT2D eigenvalue weighted by Crippen LogP contribution is -2.09. The van der Waals surface area contributed by atoms with Gasteiger partial charge in [-0.3, -0.25) is 0 Å². The van der Waals surface area contributed by atoms with Gasteiger partial charge in [0.25, 0.3) is 0 Å². The third-order valence-electron chi connectivity index (χ3n) is 3.09. The molecule has 0 aliphatic rings. The van der Waals surface area contributed by atoms with Gasteiger partial charge in [-0.25, -0.2) is 4.39 Å². The first-order chi connectivity index (χ1) is 9.47. The van der Waals surface area contributed by atoms with E-state index in [1.165, 1.54) is 6.07 Å². The summed E-state index contributed by atoms with van der Waals surface area (Å²) in [6, 6.07) is 10.8. The van der Waals surface area contributed by atoms with Gasteiger partial charge in [-0.15, -0.1) is 0 Å². The molecule has 0 saturated heterocycles. The summed E-state index contributed by atoms with van der Waals surface area (Å²) in [7, 11) is 0. The van der Waals surface area contributed by atoms with Crippen LogP contribution in [-0.2, 0) is 6.61 Å².